The molecule has 5 nitrogen and oxygen atoms in total. The molecule has 2 aromatic carbocycles. The van der Waals surface area contributed by atoms with Gasteiger partial charge in [-0.15, -0.1) is 5.10 Å². The van der Waals surface area contributed by atoms with Gasteiger partial charge in [-0.3, -0.25) is 4.90 Å². The Labute approximate surface area is 146 Å². The van der Waals surface area contributed by atoms with Crippen molar-refractivity contribution >= 4 is 0 Å². The van der Waals surface area contributed by atoms with Crippen LogP contribution >= 0.6 is 0 Å². The van der Waals surface area contributed by atoms with E-state index in [0.717, 1.165) is 36.6 Å². The normalized spacial score (nSPS) is 22.6. The molecule has 3 aromatic rings. The predicted molar refractivity (Wildman–Crippen MR) is 94.8 cm³/mol. The van der Waals surface area contributed by atoms with Crippen molar-refractivity contribution in [3.8, 4) is 11.3 Å². The molecule has 2 aliphatic rings. The molecule has 0 N–H and O–H groups in total. The third-order valence-corrected chi connectivity index (χ3v) is 5.15. The third-order valence-electron chi connectivity index (χ3n) is 5.15. The van der Waals surface area contributed by atoms with Gasteiger partial charge in [-0.2, -0.15) is 0 Å². The molecule has 0 unspecified atom stereocenters. The quantitative estimate of drug-likeness (QED) is 0.740. The van der Waals surface area contributed by atoms with Crippen LogP contribution in [0.15, 0.2) is 60.7 Å². The van der Waals surface area contributed by atoms with E-state index in [1.165, 1.54) is 5.56 Å². The van der Waals surface area contributed by atoms with Crippen LogP contribution in [0.25, 0.3) is 11.3 Å². The maximum absolute atomic E-state index is 6.17. The zero-order valence-corrected chi connectivity index (χ0v) is 14.0. The minimum atomic E-state index is 0.196. The van der Waals surface area contributed by atoms with E-state index in [1.807, 2.05) is 18.2 Å². The Kier molecular flexibility index (Phi) is 3.61. The zero-order chi connectivity index (χ0) is 16.6. The molecule has 1 aromatic heterocycles. The molecule has 3 heterocycles. The van der Waals surface area contributed by atoms with Crippen LogP contribution in [0.3, 0.4) is 0 Å². The first-order valence-electron chi connectivity index (χ1n) is 8.76. The molecular weight excluding hydrogens is 312 g/mol. The summed E-state index contributed by atoms with van der Waals surface area (Å²) < 4.78 is 8.27. The molecule has 25 heavy (non-hydrogen) atoms. The van der Waals surface area contributed by atoms with Crippen LogP contribution in [0.4, 0.5) is 0 Å². The zero-order valence-electron chi connectivity index (χ0n) is 14.0. The lowest BCUT2D eigenvalue weighted by Crippen LogP contribution is -2.32. The molecular formula is C20H20N4O. The van der Waals surface area contributed by atoms with Gasteiger partial charge in [0.25, 0.3) is 0 Å². The Bertz CT molecular complexity index is 862. The molecule has 0 radical (unpaired) electrons. The lowest BCUT2D eigenvalue weighted by Gasteiger charge is -2.26. The van der Waals surface area contributed by atoms with Gasteiger partial charge in [-0.25, -0.2) is 4.68 Å². The fourth-order valence-corrected chi connectivity index (χ4v) is 3.92. The lowest BCUT2D eigenvalue weighted by atomic mass is 10.1. The number of fused-ring (bicyclic) bond motifs is 3. The Morgan fingerprint density at radius 2 is 1.72 bits per heavy atom. The van der Waals surface area contributed by atoms with E-state index in [2.05, 4.69) is 62.4 Å². The molecule has 5 heteroatoms. The highest BCUT2D eigenvalue weighted by atomic mass is 16.5. The summed E-state index contributed by atoms with van der Waals surface area (Å²) >= 11 is 0. The molecule has 1 saturated heterocycles. The maximum Gasteiger partial charge on any atom is 0.118 e. The highest BCUT2D eigenvalue weighted by Crippen LogP contribution is 2.34. The molecule has 2 atom stereocenters. The van der Waals surface area contributed by atoms with E-state index < -0.39 is 0 Å². The summed E-state index contributed by atoms with van der Waals surface area (Å²) in [4.78, 5) is 2.45. The fraction of sp³-hybridized carbons (Fsp3) is 0.300. The Morgan fingerprint density at radius 1 is 0.960 bits per heavy atom. The predicted octanol–water partition coefficient (Wildman–Crippen LogP) is 2.90. The first-order valence-corrected chi connectivity index (χ1v) is 8.76. The first kappa shape index (κ1) is 14.8. The summed E-state index contributed by atoms with van der Waals surface area (Å²) in [5.41, 5.74) is 4.48. The highest BCUT2D eigenvalue weighted by molar-refractivity contribution is 5.61. The van der Waals surface area contributed by atoms with Gasteiger partial charge in [0.05, 0.1) is 24.4 Å². The highest BCUT2D eigenvalue weighted by Gasteiger charge is 2.40. The van der Waals surface area contributed by atoms with Crippen molar-refractivity contribution in [3.63, 3.8) is 0 Å². The van der Waals surface area contributed by atoms with E-state index in [0.29, 0.717) is 6.61 Å². The molecule has 0 bridgehead atoms. The van der Waals surface area contributed by atoms with Crippen LogP contribution in [0.2, 0.25) is 0 Å². The second kappa shape index (κ2) is 6.10. The molecule has 126 valence electrons. The minimum Gasteiger partial charge on any atom is -0.368 e. The van der Waals surface area contributed by atoms with Gasteiger partial charge in [0.2, 0.25) is 0 Å². The topological polar surface area (TPSA) is 43.2 Å². The summed E-state index contributed by atoms with van der Waals surface area (Å²) in [5.74, 6) is 0. The third kappa shape index (κ3) is 2.65. The van der Waals surface area contributed by atoms with E-state index in [4.69, 9.17) is 4.74 Å². The summed E-state index contributed by atoms with van der Waals surface area (Å²) in [6.07, 6.45) is 0.196. The van der Waals surface area contributed by atoms with Gasteiger partial charge < -0.3 is 4.74 Å². The largest absolute Gasteiger partial charge is 0.368 e. The Hall–Kier alpha value is -2.50. The van der Waals surface area contributed by atoms with Crippen molar-refractivity contribution in [1.29, 1.82) is 0 Å². The summed E-state index contributed by atoms with van der Waals surface area (Å²) in [6, 6.07) is 21.1. The summed E-state index contributed by atoms with van der Waals surface area (Å²) in [6.45, 7) is 3.42. The number of hydrogen-bond donors (Lipinski definition) is 0. The second-order valence-electron chi connectivity index (χ2n) is 6.79. The second-order valence-corrected chi connectivity index (χ2v) is 6.79. The van der Waals surface area contributed by atoms with Crippen molar-refractivity contribution < 1.29 is 4.74 Å². The number of nitrogens with zero attached hydrogens (tertiary/aromatic N) is 4. The standard InChI is InChI=1S/C20H20N4O/c1-3-7-15(8-4-1)11-23-12-17-19(13-23)25-14-18-20(21-22-24(17)18)16-9-5-2-6-10-16/h1-10,17,19H,11-14H2/t17-,19-/m1/s1. The van der Waals surface area contributed by atoms with Crippen LogP contribution in [0, 0.1) is 0 Å². The Morgan fingerprint density at radius 3 is 2.52 bits per heavy atom. The molecule has 0 aliphatic carbocycles. The van der Waals surface area contributed by atoms with E-state index in [-0.39, 0.29) is 12.1 Å². The minimum absolute atomic E-state index is 0.196. The molecule has 0 amide bonds. The lowest BCUT2D eigenvalue weighted by molar-refractivity contribution is -0.00494. The van der Waals surface area contributed by atoms with Crippen molar-refractivity contribution in [2.45, 2.75) is 25.3 Å². The monoisotopic (exact) mass is 332 g/mol. The average Bonchev–Trinajstić information content (AvgIpc) is 3.26. The number of hydrogen-bond acceptors (Lipinski definition) is 4. The number of aromatic nitrogens is 3. The van der Waals surface area contributed by atoms with Crippen molar-refractivity contribution in [2.75, 3.05) is 13.1 Å². The fourth-order valence-electron chi connectivity index (χ4n) is 3.92. The SMILES string of the molecule is c1ccc(CN2C[C@@H]3[C@@H](C2)OCc2c(-c4ccccc4)nnn23)cc1. The van der Waals surface area contributed by atoms with Gasteiger partial charge in [-0.1, -0.05) is 65.9 Å². The van der Waals surface area contributed by atoms with E-state index >= 15 is 0 Å². The van der Waals surface area contributed by atoms with Crippen LogP contribution in [-0.4, -0.2) is 39.1 Å². The molecule has 0 spiro atoms. The number of likely N-dealkylation sites (tertiary alicyclic amines) is 1. The van der Waals surface area contributed by atoms with Gasteiger partial charge in [-0.05, 0) is 5.56 Å². The molecule has 0 saturated carbocycles. The van der Waals surface area contributed by atoms with Crippen LogP contribution in [-0.2, 0) is 17.9 Å². The van der Waals surface area contributed by atoms with Gasteiger partial charge >= 0.3 is 0 Å². The number of ether oxygens (including phenoxy) is 1. The van der Waals surface area contributed by atoms with Crippen LogP contribution in [0.1, 0.15) is 17.3 Å². The van der Waals surface area contributed by atoms with Gasteiger partial charge in [0.15, 0.2) is 0 Å². The smallest absolute Gasteiger partial charge is 0.118 e. The van der Waals surface area contributed by atoms with E-state index in [1.54, 1.807) is 0 Å². The number of rotatable bonds is 3. The van der Waals surface area contributed by atoms with Crippen molar-refractivity contribution in [2.24, 2.45) is 0 Å². The van der Waals surface area contributed by atoms with Crippen LogP contribution in [0.5, 0.6) is 0 Å². The first-order chi connectivity index (χ1) is 12.4. The Balaban J connectivity index is 1.40. The van der Waals surface area contributed by atoms with Crippen molar-refractivity contribution in [3.05, 3.63) is 71.9 Å². The number of benzene rings is 2. The van der Waals surface area contributed by atoms with Gasteiger partial charge in [0, 0.05) is 25.2 Å². The summed E-state index contributed by atoms with van der Waals surface area (Å²) in [7, 11) is 0. The molecule has 5 rings (SSSR count). The maximum atomic E-state index is 6.17. The van der Waals surface area contributed by atoms with Crippen molar-refractivity contribution in [1.82, 2.24) is 19.9 Å². The molecule has 1 fully saturated rings. The average molecular weight is 332 g/mol. The van der Waals surface area contributed by atoms with Gasteiger partial charge in [0.1, 0.15) is 5.69 Å². The molecule has 2 aliphatic heterocycles. The summed E-state index contributed by atoms with van der Waals surface area (Å²) in [5, 5.41) is 8.93. The van der Waals surface area contributed by atoms with E-state index in [9.17, 15) is 0 Å². The van der Waals surface area contributed by atoms with Crippen LogP contribution < -0.4 is 0 Å².